The predicted molar refractivity (Wildman–Crippen MR) is 56.1 cm³/mol. The molecule has 78 valence electrons. The lowest BCUT2D eigenvalue weighted by molar-refractivity contribution is -0.299. The molecule has 0 saturated heterocycles. The number of hydrogen-bond donors (Lipinski definition) is 0. The van der Waals surface area contributed by atoms with Gasteiger partial charge in [0, 0.05) is 6.61 Å². The van der Waals surface area contributed by atoms with E-state index in [0.29, 0.717) is 6.61 Å². The molecule has 0 aromatic heterocycles. The van der Waals surface area contributed by atoms with Crippen LogP contribution >= 0.6 is 0 Å². The third kappa shape index (κ3) is 8.17. The second-order valence-electron chi connectivity index (χ2n) is 2.71. The van der Waals surface area contributed by atoms with E-state index < -0.39 is 9.76 Å². The highest BCUT2D eigenvalue weighted by atomic mass is 28.2. The highest BCUT2D eigenvalue weighted by molar-refractivity contribution is 6.29. The molecule has 0 aromatic carbocycles. The van der Waals surface area contributed by atoms with Gasteiger partial charge in [-0.25, -0.2) is 9.78 Å². The topological polar surface area (TPSA) is 27.7 Å². The normalized spacial score (nSPS) is 13.7. The van der Waals surface area contributed by atoms with Crippen molar-refractivity contribution in [3.05, 3.63) is 12.7 Å². The quantitative estimate of drug-likeness (QED) is 0.187. The van der Waals surface area contributed by atoms with Crippen LogP contribution in [0.2, 0.25) is 0 Å². The molecular formula is C9H20O3Si. The van der Waals surface area contributed by atoms with Crippen molar-refractivity contribution in [3.63, 3.8) is 0 Å². The SMILES string of the molecule is C=CC(OOCCCC)[SiH2]OCC. The molecule has 3 nitrogen and oxygen atoms in total. The van der Waals surface area contributed by atoms with Crippen LogP contribution in [0.4, 0.5) is 0 Å². The molecule has 0 bridgehead atoms. The lowest BCUT2D eigenvalue weighted by Gasteiger charge is -2.11. The molecule has 0 heterocycles. The van der Waals surface area contributed by atoms with Gasteiger partial charge in [-0.15, -0.1) is 6.58 Å². The van der Waals surface area contributed by atoms with Crippen molar-refractivity contribution >= 4 is 9.76 Å². The molecule has 13 heavy (non-hydrogen) atoms. The molecule has 0 aromatic rings. The molecule has 0 saturated carbocycles. The molecule has 0 fully saturated rings. The van der Waals surface area contributed by atoms with Gasteiger partial charge >= 0.3 is 0 Å². The summed E-state index contributed by atoms with van der Waals surface area (Å²) in [6.07, 6.45) is 3.89. The summed E-state index contributed by atoms with van der Waals surface area (Å²) < 4.78 is 5.31. The Balaban J connectivity index is 3.31. The first-order valence-electron chi connectivity index (χ1n) is 4.83. The highest BCUT2D eigenvalue weighted by Crippen LogP contribution is 1.96. The molecule has 0 N–H and O–H groups in total. The average Bonchev–Trinajstić information content (AvgIpc) is 2.17. The molecule has 1 unspecified atom stereocenters. The van der Waals surface area contributed by atoms with E-state index in [1.807, 2.05) is 6.92 Å². The fourth-order valence-electron chi connectivity index (χ4n) is 0.708. The van der Waals surface area contributed by atoms with Crippen molar-refractivity contribution < 1.29 is 14.2 Å². The Kier molecular flexibility index (Phi) is 9.80. The molecule has 0 aliphatic rings. The predicted octanol–water partition coefficient (Wildman–Crippen LogP) is 1.37. The summed E-state index contributed by atoms with van der Waals surface area (Å²) in [5.41, 5.74) is -0.0168. The molecule has 0 spiro atoms. The molecule has 0 aliphatic carbocycles. The van der Waals surface area contributed by atoms with E-state index >= 15 is 0 Å². The van der Waals surface area contributed by atoms with Crippen LogP contribution in [0.1, 0.15) is 26.7 Å². The Morgan fingerprint density at radius 1 is 1.46 bits per heavy atom. The summed E-state index contributed by atoms with van der Waals surface area (Å²) in [5.74, 6) is 0. The monoisotopic (exact) mass is 204 g/mol. The molecule has 1 atom stereocenters. The Morgan fingerprint density at radius 2 is 2.23 bits per heavy atom. The van der Waals surface area contributed by atoms with Crippen LogP contribution in [0.3, 0.4) is 0 Å². The number of unbranched alkanes of at least 4 members (excludes halogenated alkanes) is 1. The maximum Gasteiger partial charge on any atom is 0.199 e. The molecule has 0 rings (SSSR count). The van der Waals surface area contributed by atoms with Gasteiger partial charge in [0.25, 0.3) is 0 Å². The smallest absolute Gasteiger partial charge is 0.199 e. The van der Waals surface area contributed by atoms with Gasteiger partial charge in [-0.1, -0.05) is 19.4 Å². The van der Waals surface area contributed by atoms with Crippen molar-refractivity contribution in [2.24, 2.45) is 0 Å². The lowest BCUT2D eigenvalue weighted by Crippen LogP contribution is -2.21. The van der Waals surface area contributed by atoms with Crippen molar-refractivity contribution in [3.8, 4) is 0 Å². The van der Waals surface area contributed by atoms with E-state index in [9.17, 15) is 0 Å². The van der Waals surface area contributed by atoms with E-state index in [4.69, 9.17) is 14.2 Å². The first-order chi connectivity index (χ1) is 6.35. The largest absolute Gasteiger partial charge is 0.421 e. The van der Waals surface area contributed by atoms with E-state index in [1.54, 1.807) is 6.08 Å². The van der Waals surface area contributed by atoms with Gasteiger partial charge in [-0.3, -0.25) is 0 Å². The fourth-order valence-corrected chi connectivity index (χ4v) is 1.46. The van der Waals surface area contributed by atoms with Crippen LogP contribution in [0.25, 0.3) is 0 Å². The van der Waals surface area contributed by atoms with Gasteiger partial charge < -0.3 is 4.43 Å². The van der Waals surface area contributed by atoms with Crippen LogP contribution in [0.5, 0.6) is 0 Å². The third-order valence-corrected chi connectivity index (χ3v) is 2.96. The van der Waals surface area contributed by atoms with Crippen molar-refractivity contribution in [2.75, 3.05) is 13.2 Å². The van der Waals surface area contributed by atoms with Crippen LogP contribution in [0.15, 0.2) is 12.7 Å². The molecule has 4 heteroatoms. The Labute approximate surface area is 82.9 Å². The summed E-state index contributed by atoms with van der Waals surface area (Å²) in [6.45, 7) is 9.15. The lowest BCUT2D eigenvalue weighted by atomic mass is 10.4. The zero-order valence-corrected chi connectivity index (χ0v) is 10.0. The zero-order chi connectivity index (χ0) is 9.94. The summed E-state index contributed by atoms with van der Waals surface area (Å²) in [4.78, 5) is 10.1. The van der Waals surface area contributed by atoms with Crippen molar-refractivity contribution in [1.82, 2.24) is 0 Å². The maximum absolute atomic E-state index is 5.31. The van der Waals surface area contributed by atoms with Crippen LogP contribution in [-0.4, -0.2) is 28.7 Å². The Hall–Kier alpha value is -0.163. The molecule has 0 radical (unpaired) electrons. The van der Waals surface area contributed by atoms with Gasteiger partial charge in [0.2, 0.25) is 0 Å². The molecular weight excluding hydrogens is 184 g/mol. The fraction of sp³-hybridized carbons (Fsp3) is 0.778. The standard InChI is InChI=1S/C9H20O3Si/c1-4-7-8-10-12-9(5-2)13-11-6-3/h5,9H,2,4,6-8,13H2,1,3H3. The Morgan fingerprint density at radius 3 is 2.77 bits per heavy atom. The number of rotatable bonds is 9. The maximum atomic E-state index is 5.31. The van der Waals surface area contributed by atoms with Gasteiger partial charge in [0.1, 0.15) is 5.73 Å². The van der Waals surface area contributed by atoms with E-state index in [-0.39, 0.29) is 5.73 Å². The Bertz CT molecular complexity index is 119. The van der Waals surface area contributed by atoms with Crippen molar-refractivity contribution in [1.29, 1.82) is 0 Å². The van der Waals surface area contributed by atoms with Crippen LogP contribution < -0.4 is 0 Å². The van der Waals surface area contributed by atoms with Crippen molar-refractivity contribution in [2.45, 2.75) is 32.4 Å². The minimum Gasteiger partial charge on any atom is -0.421 e. The van der Waals surface area contributed by atoms with E-state index in [0.717, 1.165) is 19.4 Å². The average molecular weight is 204 g/mol. The molecule has 0 amide bonds. The minimum absolute atomic E-state index is 0.0168. The number of hydrogen-bond acceptors (Lipinski definition) is 3. The second-order valence-corrected chi connectivity index (χ2v) is 4.25. The van der Waals surface area contributed by atoms with E-state index in [1.165, 1.54) is 0 Å². The van der Waals surface area contributed by atoms with Crippen LogP contribution in [0, 0.1) is 0 Å². The van der Waals surface area contributed by atoms with Gasteiger partial charge in [0.05, 0.1) is 6.61 Å². The minimum atomic E-state index is -0.674. The summed E-state index contributed by atoms with van der Waals surface area (Å²) in [5, 5.41) is 0. The zero-order valence-electron chi connectivity index (χ0n) is 8.62. The third-order valence-electron chi connectivity index (χ3n) is 1.52. The van der Waals surface area contributed by atoms with Gasteiger partial charge in [-0.05, 0) is 13.3 Å². The summed E-state index contributed by atoms with van der Waals surface area (Å²) >= 11 is 0. The van der Waals surface area contributed by atoms with Gasteiger partial charge in [-0.2, -0.15) is 0 Å². The second kappa shape index (κ2) is 9.92. The molecule has 0 aliphatic heterocycles. The first kappa shape index (κ1) is 12.8. The van der Waals surface area contributed by atoms with E-state index in [2.05, 4.69) is 13.5 Å². The summed E-state index contributed by atoms with van der Waals surface area (Å²) in [6, 6.07) is 0. The summed E-state index contributed by atoms with van der Waals surface area (Å²) in [7, 11) is -0.674. The first-order valence-corrected chi connectivity index (χ1v) is 6.23. The van der Waals surface area contributed by atoms with Crippen LogP contribution in [-0.2, 0) is 14.2 Å². The van der Waals surface area contributed by atoms with Gasteiger partial charge in [0.15, 0.2) is 9.76 Å². The highest BCUT2D eigenvalue weighted by Gasteiger charge is 2.05.